The van der Waals surface area contributed by atoms with Gasteiger partial charge in [-0.15, -0.1) is 11.6 Å². The lowest BCUT2D eigenvalue weighted by Gasteiger charge is -2.42. The van der Waals surface area contributed by atoms with Crippen LogP contribution in [0.1, 0.15) is 20.8 Å². The molecule has 1 saturated heterocycles. The number of piperazine rings is 1. The van der Waals surface area contributed by atoms with Gasteiger partial charge in [0.05, 0.1) is 0 Å². The predicted molar refractivity (Wildman–Crippen MR) is 67.6 cm³/mol. The summed E-state index contributed by atoms with van der Waals surface area (Å²) < 4.78 is 0. The van der Waals surface area contributed by atoms with Gasteiger partial charge in [0.25, 0.3) is 0 Å². The molecular formula is C12H23ClN2. The maximum Gasteiger partial charge on any atom is 0.0443 e. The number of rotatable bonds is 3. The van der Waals surface area contributed by atoms with Crippen LogP contribution in [-0.4, -0.2) is 53.9 Å². The molecule has 2 nitrogen and oxygen atoms in total. The van der Waals surface area contributed by atoms with E-state index in [1.54, 1.807) is 0 Å². The first kappa shape index (κ1) is 13.0. The molecule has 0 aliphatic carbocycles. The van der Waals surface area contributed by atoms with E-state index in [1.165, 1.54) is 0 Å². The van der Waals surface area contributed by atoms with Gasteiger partial charge in [0, 0.05) is 44.1 Å². The third kappa shape index (κ3) is 4.13. The highest BCUT2D eigenvalue weighted by molar-refractivity contribution is 6.19. The van der Waals surface area contributed by atoms with Gasteiger partial charge in [-0.25, -0.2) is 0 Å². The molecule has 15 heavy (non-hydrogen) atoms. The number of alkyl halides is 1. The van der Waals surface area contributed by atoms with E-state index in [-0.39, 0.29) is 0 Å². The first-order valence-corrected chi connectivity index (χ1v) is 6.17. The molecule has 0 aromatic rings. The molecular weight excluding hydrogens is 208 g/mol. The fraction of sp³-hybridized carbons (Fsp3) is 0.833. The van der Waals surface area contributed by atoms with Crippen molar-refractivity contribution in [2.24, 2.45) is 0 Å². The molecule has 0 bridgehead atoms. The predicted octanol–water partition coefficient (Wildman–Crippen LogP) is 2.20. The molecule has 1 rings (SSSR count). The Morgan fingerprint density at radius 1 is 1.20 bits per heavy atom. The van der Waals surface area contributed by atoms with Gasteiger partial charge in [0.15, 0.2) is 0 Å². The van der Waals surface area contributed by atoms with Crippen LogP contribution in [0.25, 0.3) is 0 Å². The quantitative estimate of drug-likeness (QED) is 0.542. The maximum absolute atomic E-state index is 5.74. The summed E-state index contributed by atoms with van der Waals surface area (Å²) in [6.45, 7) is 16.3. The molecule has 1 aliphatic rings. The number of hydrogen-bond acceptors (Lipinski definition) is 2. The second-order valence-electron chi connectivity index (χ2n) is 5.32. The minimum absolute atomic E-state index is 0.301. The van der Waals surface area contributed by atoms with E-state index in [1.807, 2.05) is 0 Å². The molecule has 88 valence electrons. The van der Waals surface area contributed by atoms with Crippen LogP contribution in [0.2, 0.25) is 0 Å². The summed E-state index contributed by atoms with van der Waals surface area (Å²) in [5.74, 6) is 0.583. The lowest BCUT2D eigenvalue weighted by atomic mass is 10.0. The van der Waals surface area contributed by atoms with Gasteiger partial charge < -0.3 is 0 Å². The Kier molecular flexibility index (Phi) is 4.63. The van der Waals surface area contributed by atoms with Gasteiger partial charge >= 0.3 is 0 Å². The monoisotopic (exact) mass is 230 g/mol. The molecule has 0 atom stereocenters. The maximum atomic E-state index is 5.74. The Morgan fingerprint density at radius 3 is 2.13 bits per heavy atom. The van der Waals surface area contributed by atoms with Crippen LogP contribution in [0.4, 0.5) is 0 Å². The van der Waals surface area contributed by atoms with Gasteiger partial charge in [-0.2, -0.15) is 0 Å². The Labute approximate surface area is 98.9 Å². The number of hydrogen-bond donors (Lipinski definition) is 0. The average Bonchev–Trinajstić information content (AvgIpc) is 2.17. The van der Waals surface area contributed by atoms with Crippen molar-refractivity contribution in [3.63, 3.8) is 0 Å². The van der Waals surface area contributed by atoms with Crippen molar-refractivity contribution in [2.75, 3.05) is 38.6 Å². The second kappa shape index (κ2) is 5.33. The van der Waals surface area contributed by atoms with E-state index < -0.39 is 0 Å². The van der Waals surface area contributed by atoms with E-state index in [0.29, 0.717) is 11.4 Å². The summed E-state index contributed by atoms with van der Waals surface area (Å²) in [7, 11) is 0. The molecule has 1 heterocycles. The second-order valence-corrected chi connectivity index (χ2v) is 5.58. The molecule has 0 radical (unpaired) electrons. The van der Waals surface area contributed by atoms with E-state index in [2.05, 4.69) is 37.1 Å². The van der Waals surface area contributed by atoms with Crippen LogP contribution in [0.15, 0.2) is 12.2 Å². The van der Waals surface area contributed by atoms with Crippen molar-refractivity contribution in [3.05, 3.63) is 12.2 Å². The minimum Gasteiger partial charge on any atom is -0.297 e. The standard InChI is InChI=1S/C12H23ClN2/c1-11(9-13)10-14-5-7-15(8-6-14)12(2,3)4/h1,5-10H2,2-4H3. The highest BCUT2D eigenvalue weighted by atomic mass is 35.5. The molecule has 1 aliphatic heterocycles. The van der Waals surface area contributed by atoms with Crippen LogP contribution in [0.5, 0.6) is 0 Å². The van der Waals surface area contributed by atoms with Crippen molar-refractivity contribution in [2.45, 2.75) is 26.3 Å². The third-order valence-corrected chi connectivity index (χ3v) is 3.34. The molecule has 0 spiro atoms. The molecule has 0 aromatic heterocycles. The van der Waals surface area contributed by atoms with Gasteiger partial charge in [-0.3, -0.25) is 9.80 Å². The van der Waals surface area contributed by atoms with Gasteiger partial charge in [0.1, 0.15) is 0 Å². The van der Waals surface area contributed by atoms with E-state index in [4.69, 9.17) is 11.6 Å². The Morgan fingerprint density at radius 2 is 1.73 bits per heavy atom. The molecule has 0 aromatic carbocycles. The minimum atomic E-state index is 0.301. The smallest absolute Gasteiger partial charge is 0.0443 e. The molecule has 1 fully saturated rings. The molecule has 0 amide bonds. The number of nitrogens with zero attached hydrogens (tertiary/aromatic N) is 2. The number of halogens is 1. The van der Waals surface area contributed by atoms with E-state index >= 15 is 0 Å². The van der Waals surface area contributed by atoms with Crippen molar-refractivity contribution in [1.82, 2.24) is 9.80 Å². The lowest BCUT2D eigenvalue weighted by molar-refractivity contribution is 0.0665. The fourth-order valence-corrected chi connectivity index (χ4v) is 2.02. The van der Waals surface area contributed by atoms with Crippen LogP contribution < -0.4 is 0 Å². The Bertz CT molecular complexity index is 212. The van der Waals surface area contributed by atoms with Crippen molar-refractivity contribution >= 4 is 11.6 Å². The zero-order valence-electron chi connectivity index (χ0n) is 10.2. The third-order valence-electron chi connectivity index (χ3n) is 2.96. The van der Waals surface area contributed by atoms with Crippen molar-refractivity contribution in [1.29, 1.82) is 0 Å². The molecule has 0 unspecified atom stereocenters. The summed E-state index contributed by atoms with van der Waals surface area (Å²) in [5, 5.41) is 0. The highest BCUT2D eigenvalue weighted by Gasteiger charge is 2.25. The van der Waals surface area contributed by atoms with Crippen LogP contribution in [0, 0.1) is 0 Å². The molecule has 0 saturated carbocycles. The fourth-order valence-electron chi connectivity index (χ4n) is 1.94. The summed E-state index contributed by atoms with van der Waals surface area (Å²) in [6, 6.07) is 0. The average molecular weight is 231 g/mol. The SMILES string of the molecule is C=C(CCl)CN1CCN(C(C)(C)C)CC1. The highest BCUT2D eigenvalue weighted by Crippen LogP contribution is 2.16. The van der Waals surface area contributed by atoms with Crippen molar-refractivity contribution < 1.29 is 0 Å². The lowest BCUT2D eigenvalue weighted by Crippen LogP contribution is -2.53. The summed E-state index contributed by atoms with van der Waals surface area (Å²) in [5.41, 5.74) is 1.43. The topological polar surface area (TPSA) is 6.48 Å². The van der Waals surface area contributed by atoms with Gasteiger partial charge in [-0.05, 0) is 26.3 Å². The Hall–Kier alpha value is -0.0500. The zero-order valence-corrected chi connectivity index (χ0v) is 11.0. The largest absolute Gasteiger partial charge is 0.297 e. The summed E-state index contributed by atoms with van der Waals surface area (Å²) in [4.78, 5) is 4.97. The van der Waals surface area contributed by atoms with Crippen molar-refractivity contribution in [3.8, 4) is 0 Å². The van der Waals surface area contributed by atoms with Crippen LogP contribution >= 0.6 is 11.6 Å². The zero-order chi connectivity index (χ0) is 11.5. The Balaban J connectivity index is 2.33. The first-order valence-electron chi connectivity index (χ1n) is 5.63. The van der Waals surface area contributed by atoms with Gasteiger partial charge in [0.2, 0.25) is 0 Å². The molecule has 3 heteroatoms. The normalized spacial score (nSPS) is 20.5. The summed E-state index contributed by atoms with van der Waals surface area (Å²) >= 11 is 5.74. The summed E-state index contributed by atoms with van der Waals surface area (Å²) in [6.07, 6.45) is 0. The molecule has 0 N–H and O–H groups in total. The van der Waals surface area contributed by atoms with Crippen LogP contribution in [-0.2, 0) is 0 Å². The van der Waals surface area contributed by atoms with E-state index in [9.17, 15) is 0 Å². The van der Waals surface area contributed by atoms with E-state index in [0.717, 1.165) is 38.3 Å². The van der Waals surface area contributed by atoms with Crippen LogP contribution in [0.3, 0.4) is 0 Å². The first-order chi connectivity index (χ1) is 6.93. The van der Waals surface area contributed by atoms with Gasteiger partial charge in [-0.1, -0.05) is 6.58 Å².